The second-order valence-corrected chi connectivity index (χ2v) is 7.52. The van der Waals surface area contributed by atoms with Gasteiger partial charge in [0, 0.05) is 23.4 Å². The van der Waals surface area contributed by atoms with E-state index in [0.717, 1.165) is 5.56 Å². The van der Waals surface area contributed by atoms with Crippen molar-refractivity contribution in [1.82, 2.24) is 25.4 Å². The molecule has 4 aromatic rings. The summed E-state index contributed by atoms with van der Waals surface area (Å²) in [6.07, 6.45) is 3.55. The summed E-state index contributed by atoms with van der Waals surface area (Å²) in [7, 11) is 0. The Morgan fingerprint density at radius 2 is 1.83 bits per heavy atom. The highest BCUT2D eigenvalue weighted by molar-refractivity contribution is 5.92. The van der Waals surface area contributed by atoms with Gasteiger partial charge in [-0.2, -0.15) is 5.10 Å². The highest BCUT2D eigenvalue weighted by Gasteiger charge is 2.20. The maximum absolute atomic E-state index is 14.7. The molecule has 30 heavy (non-hydrogen) atoms. The van der Waals surface area contributed by atoms with Gasteiger partial charge in [-0.3, -0.25) is 5.10 Å². The third kappa shape index (κ3) is 3.86. The van der Waals surface area contributed by atoms with Gasteiger partial charge in [-0.1, -0.05) is 32.1 Å². The van der Waals surface area contributed by atoms with Gasteiger partial charge in [0.25, 0.3) is 0 Å². The van der Waals surface area contributed by atoms with Gasteiger partial charge in [0.1, 0.15) is 23.0 Å². The van der Waals surface area contributed by atoms with Crippen LogP contribution in [0, 0.1) is 17.6 Å². The average Bonchev–Trinajstić information content (AvgIpc) is 3.36. The average molecular weight is 408 g/mol. The van der Waals surface area contributed by atoms with Gasteiger partial charge in [-0.15, -0.1) is 10.2 Å². The number of nitrogens with zero attached hydrogens (tertiary/aromatic N) is 3. The van der Waals surface area contributed by atoms with Crippen LogP contribution in [0.1, 0.15) is 36.8 Å². The van der Waals surface area contributed by atoms with Crippen molar-refractivity contribution in [3.8, 4) is 11.4 Å². The molecule has 2 aromatic carbocycles. The summed E-state index contributed by atoms with van der Waals surface area (Å²) in [5.41, 5.74) is 8.11. The van der Waals surface area contributed by atoms with Gasteiger partial charge in [0.15, 0.2) is 5.82 Å². The molecule has 4 rings (SSSR count). The first-order chi connectivity index (χ1) is 14.5. The minimum absolute atomic E-state index is 0.0444. The lowest BCUT2D eigenvalue weighted by Crippen LogP contribution is -2.19. The normalized spacial score (nSPS) is 13.0. The molecule has 8 heteroatoms. The Morgan fingerprint density at radius 1 is 1.07 bits per heavy atom. The summed E-state index contributed by atoms with van der Waals surface area (Å²) < 4.78 is 27.8. The molecule has 0 fully saturated rings. The van der Waals surface area contributed by atoms with Crippen LogP contribution in [0.5, 0.6) is 0 Å². The SMILES string of the molecule is CC(C)[C@@H](CN)c1nnc(-c2cc(F)c3[nH]nc(/C=C/c4ccc(F)cc4)c3c2)[nH]1. The maximum atomic E-state index is 14.7. The number of aromatic amines is 2. The molecular formula is C22H22F2N6. The van der Waals surface area contributed by atoms with E-state index < -0.39 is 5.82 Å². The summed E-state index contributed by atoms with van der Waals surface area (Å²) in [5.74, 6) is 0.764. The molecule has 0 saturated heterocycles. The number of aromatic nitrogens is 5. The molecule has 2 heterocycles. The fourth-order valence-electron chi connectivity index (χ4n) is 3.38. The van der Waals surface area contributed by atoms with Crippen molar-refractivity contribution in [2.45, 2.75) is 19.8 Å². The van der Waals surface area contributed by atoms with Crippen LogP contribution in [0.4, 0.5) is 8.78 Å². The first-order valence-corrected chi connectivity index (χ1v) is 9.70. The zero-order chi connectivity index (χ0) is 21.3. The number of fused-ring (bicyclic) bond motifs is 1. The molecule has 0 aliphatic rings. The summed E-state index contributed by atoms with van der Waals surface area (Å²) in [6, 6.07) is 9.28. The van der Waals surface area contributed by atoms with E-state index >= 15 is 0 Å². The number of rotatable bonds is 6. The van der Waals surface area contributed by atoms with E-state index in [1.165, 1.54) is 18.2 Å². The number of benzene rings is 2. The van der Waals surface area contributed by atoms with Crippen LogP contribution in [-0.4, -0.2) is 31.9 Å². The number of halogens is 2. The number of hydrogen-bond donors (Lipinski definition) is 3. The Hall–Kier alpha value is -3.39. The summed E-state index contributed by atoms with van der Waals surface area (Å²) in [6.45, 7) is 4.58. The Bertz CT molecular complexity index is 1190. The second kappa shape index (κ2) is 8.16. The zero-order valence-corrected chi connectivity index (χ0v) is 16.7. The molecule has 0 radical (unpaired) electrons. The molecule has 0 aliphatic heterocycles. The topological polar surface area (TPSA) is 96.3 Å². The van der Waals surface area contributed by atoms with Crippen molar-refractivity contribution in [1.29, 1.82) is 0 Å². The quantitative estimate of drug-likeness (QED) is 0.438. The molecule has 0 spiro atoms. The Morgan fingerprint density at radius 3 is 2.53 bits per heavy atom. The standard InChI is InChI=1S/C22H22F2N6/c1-12(2)17(11-25)22-26-21(29-30-22)14-9-16-19(27-28-20(16)18(24)10-14)8-5-13-3-6-15(23)7-4-13/h3-10,12,17H,11,25H2,1-2H3,(H,27,28)(H,26,29,30)/b8-5+/t17-/m1/s1. The molecule has 0 aliphatic carbocycles. The van der Waals surface area contributed by atoms with Gasteiger partial charge in [-0.05, 0) is 41.8 Å². The van der Waals surface area contributed by atoms with E-state index in [9.17, 15) is 8.78 Å². The van der Waals surface area contributed by atoms with Crippen LogP contribution in [0.2, 0.25) is 0 Å². The van der Waals surface area contributed by atoms with Crippen molar-refractivity contribution in [2.75, 3.05) is 6.54 Å². The second-order valence-electron chi connectivity index (χ2n) is 7.52. The molecule has 154 valence electrons. The predicted molar refractivity (Wildman–Crippen MR) is 113 cm³/mol. The van der Waals surface area contributed by atoms with Crippen molar-refractivity contribution in [3.63, 3.8) is 0 Å². The molecule has 4 N–H and O–H groups in total. The Kier molecular flexibility index (Phi) is 5.41. The smallest absolute Gasteiger partial charge is 0.161 e. The van der Waals surface area contributed by atoms with Crippen molar-refractivity contribution in [2.24, 2.45) is 11.7 Å². The highest BCUT2D eigenvalue weighted by Crippen LogP contribution is 2.28. The van der Waals surface area contributed by atoms with Gasteiger partial charge >= 0.3 is 0 Å². The summed E-state index contributed by atoms with van der Waals surface area (Å²) >= 11 is 0. The lowest BCUT2D eigenvalue weighted by atomic mass is 9.95. The van der Waals surface area contributed by atoms with Crippen molar-refractivity contribution in [3.05, 3.63) is 65.1 Å². The van der Waals surface area contributed by atoms with Crippen molar-refractivity contribution < 1.29 is 8.78 Å². The molecule has 0 saturated carbocycles. The van der Waals surface area contributed by atoms with Crippen LogP contribution in [0.3, 0.4) is 0 Å². The lowest BCUT2D eigenvalue weighted by Gasteiger charge is -2.14. The van der Waals surface area contributed by atoms with E-state index in [1.807, 2.05) is 6.07 Å². The lowest BCUT2D eigenvalue weighted by molar-refractivity contribution is 0.485. The van der Waals surface area contributed by atoms with Crippen LogP contribution in [0.15, 0.2) is 36.4 Å². The monoisotopic (exact) mass is 408 g/mol. The Labute approximate surface area is 172 Å². The molecule has 0 amide bonds. The molecule has 2 aromatic heterocycles. The Balaban J connectivity index is 1.70. The molecular weight excluding hydrogens is 386 g/mol. The third-order valence-electron chi connectivity index (χ3n) is 5.15. The van der Waals surface area contributed by atoms with Gasteiger partial charge in [0.05, 0.1) is 5.69 Å². The number of nitrogens with one attached hydrogen (secondary N) is 2. The first-order valence-electron chi connectivity index (χ1n) is 9.70. The van der Waals surface area contributed by atoms with Gasteiger partial charge < -0.3 is 10.7 Å². The van der Waals surface area contributed by atoms with E-state index in [0.29, 0.717) is 46.3 Å². The van der Waals surface area contributed by atoms with Gasteiger partial charge in [0.2, 0.25) is 0 Å². The summed E-state index contributed by atoms with van der Waals surface area (Å²) in [5, 5.41) is 15.9. The van der Waals surface area contributed by atoms with E-state index in [4.69, 9.17) is 5.73 Å². The maximum Gasteiger partial charge on any atom is 0.161 e. The van der Waals surface area contributed by atoms with Gasteiger partial charge in [-0.25, -0.2) is 8.78 Å². The minimum Gasteiger partial charge on any atom is -0.330 e. The summed E-state index contributed by atoms with van der Waals surface area (Å²) in [4.78, 5) is 3.18. The number of H-pyrrole nitrogens is 2. The first kappa shape index (κ1) is 19.9. The van der Waals surface area contributed by atoms with E-state index in [-0.39, 0.29) is 11.7 Å². The van der Waals surface area contributed by atoms with Crippen molar-refractivity contribution >= 4 is 23.1 Å². The zero-order valence-electron chi connectivity index (χ0n) is 16.7. The number of hydrogen-bond acceptors (Lipinski definition) is 4. The molecule has 1 atom stereocenters. The number of nitrogens with two attached hydrogens (primary N) is 1. The van der Waals surface area contributed by atoms with Crippen LogP contribution >= 0.6 is 0 Å². The largest absolute Gasteiger partial charge is 0.330 e. The van der Waals surface area contributed by atoms with Crippen LogP contribution < -0.4 is 5.73 Å². The predicted octanol–water partition coefficient (Wildman–Crippen LogP) is 4.49. The van der Waals surface area contributed by atoms with E-state index in [1.54, 1.807) is 24.3 Å². The minimum atomic E-state index is -0.436. The van der Waals surface area contributed by atoms with Crippen LogP contribution in [-0.2, 0) is 0 Å². The fourth-order valence-corrected chi connectivity index (χ4v) is 3.38. The molecule has 6 nitrogen and oxygen atoms in total. The van der Waals surface area contributed by atoms with E-state index in [2.05, 4.69) is 39.2 Å². The molecule has 0 unspecified atom stereocenters. The third-order valence-corrected chi connectivity index (χ3v) is 5.15. The highest BCUT2D eigenvalue weighted by atomic mass is 19.1. The van der Waals surface area contributed by atoms with Crippen LogP contribution in [0.25, 0.3) is 34.4 Å². The fraction of sp³-hybridized carbons (Fsp3) is 0.227. The molecule has 0 bridgehead atoms.